The number of nitrogens with one attached hydrogen (secondary N) is 1. The standard InChI is InChI=1S/C25H21FN2O3S/c26-19-13-11-18(12-14-19)24-17-22(21-9-4-5-10-23(21)28-24)25(29)27-15-6-16-32(30,31)20-7-2-1-3-8-20/h1-5,7-14,17H,6,15-16H2,(H,27,29). The predicted octanol–water partition coefficient (Wildman–Crippen LogP) is 4.63. The van der Waals surface area contributed by atoms with E-state index in [-0.39, 0.29) is 35.3 Å². The molecule has 0 unspecified atom stereocenters. The molecule has 0 spiro atoms. The van der Waals surface area contributed by atoms with Crippen LogP contribution < -0.4 is 5.32 Å². The van der Waals surface area contributed by atoms with E-state index in [4.69, 9.17) is 0 Å². The van der Waals surface area contributed by atoms with E-state index in [0.29, 0.717) is 27.7 Å². The van der Waals surface area contributed by atoms with Crippen LogP contribution in [0, 0.1) is 5.82 Å². The highest BCUT2D eigenvalue weighted by Crippen LogP contribution is 2.25. The van der Waals surface area contributed by atoms with Crippen molar-refractivity contribution in [1.29, 1.82) is 0 Å². The molecule has 1 N–H and O–H groups in total. The van der Waals surface area contributed by atoms with Crippen LogP contribution >= 0.6 is 0 Å². The molecule has 0 radical (unpaired) electrons. The summed E-state index contributed by atoms with van der Waals surface area (Å²) in [7, 11) is -3.40. The first-order valence-corrected chi connectivity index (χ1v) is 11.8. The first-order valence-electron chi connectivity index (χ1n) is 10.2. The van der Waals surface area contributed by atoms with Gasteiger partial charge in [0.25, 0.3) is 5.91 Å². The van der Waals surface area contributed by atoms with Crippen LogP contribution in [0.15, 0.2) is 89.8 Å². The van der Waals surface area contributed by atoms with Gasteiger partial charge >= 0.3 is 0 Å². The largest absolute Gasteiger partial charge is 0.352 e. The van der Waals surface area contributed by atoms with Crippen molar-refractivity contribution in [3.8, 4) is 11.3 Å². The van der Waals surface area contributed by atoms with Crippen LogP contribution in [0.25, 0.3) is 22.2 Å². The number of benzene rings is 3. The summed E-state index contributed by atoms with van der Waals surface area (Å²) in [6.45, 7) is 0.216. The number of rotatable bonds is 7. The lowest BCUT2D eigenvalue weighted by Crippen LogP contribution is -2.26. The maximum atomic E-state index is 13.3. The van der Waals surface area contributed by atoms with Crippen molar-refractivity contribution in [2.24, 2.45) is 0 Å². The molecule has 1 amide bonds. The fraction of sp³-hybridized carbons (Fsp3) is 0.120. The summed E-state index contributed by atoms with van der Waals surface area (Å²) in [4.78, 5) is 17.8. The minimum Gasteiger partial charge on any atom is -0.352 e. The monoisotopic (exact) mass is 448 g/mol. The summed E-state index contributed by atoms with van der Waals surface area (Å²) in [5.74, 6) is -0.725. The Morgan fingerprint density at radius 2 is 1.59 bits per heavy atom. The van der Waals surface area contributed by atoms with Gasteiger partial charge in [-0.2, -0.15) is 0 Å². The maximum Gasteiger partial charge on any atom is 0.252 e. The Balaban J connectivity index is 1.51. The smallest absolute Gasteiger partial charge is 0.252 e. The fourth-order valence-electron chi connectivity index (χ4n) is 3.44. The molecule has 3 aromatic carbocycles. The van der Waals surface area contributed by atoms with E-state index in [1.807, 2.05) is 24.3 Å². The Hall–Kier alpha value is -3.58. The topological polar surface area (TPSA) is 76.1 Å². The highest BCUT2D eigenvalue weighted by Gasteiger charge is 2.16. The molecular formula is C25H21FN2O3S. The molecule has 0 aliphatic carbocycles. The number of hydrogen-bond acceptors (Lipinski definition) is 4. The van der Waals surface area contributed by atoms with Crippen LogP contribution in [-0.2, 0) is 9.84 Å². The molecule has 4 rings (SSSR count). The van der Waals surface area contributed by atoms with Crippen LogP contribution in [0.2, 0.25) is 0 Å². The van der Waals surface area contributed by atoms with Crippen molar-refractivity contribution in [1.82, 2.24) is 10.3 Å². The SMILES string of the molecule is O=C(NCCCS(=O)(=O)c1ccccc1)c1cc(-c2ccc(F)cc2)nc2ccccc12. The Kier molecular flexibility index (Phi) is 6.28. The molecule has 0 aliphatic heterocycles. The second-order valence-corrected chi connectivity index (χ2v) is 9.43. The fourth-order valence-corrected chi connectivity index (χ4v) is 4.77. The summed E-state index contributed by atoms with van der Waals surface area (Å²) >= 11 is 0. The molecule has 32 heavy (non-hydrogen) atoms. The normalized spacial score (nSPS) is 11.4. The van der Waals surface area contributed by atoms with Gasteiger partial charge in [0.1, 0.15) is 5.82 Å². The molecule has 0 saturated heterocycles. The van der Waals surface area contributed by atoms with E-state index in [9.17, 15) is 17.6 Å². The summed E-state index contributed by atoms with van der Waals surface area (Å²) in [6.07, 6.45) is 0.288. The lowest BCUT2D eigenvalue weighted by Gasteiger charge is -2.11. The second kappa shape index (κ2) is 9.28. The first kappa shape index (κ1) is 21.6. The Morgan fingerprint density at radius 3 is 2.34 bits per heavy atom. The van der Waals surface area contributed by atoms with E-state index >= 15 is 0 Å². The van der Waals surface area contributed by atoms with E-state index < -0.39 is 9.84 Å². The second-order valence-electron chi connectivity index (χ2n) is 7.32. The average molecular weight is 449 g/mol. The van der Waals surface area contributed by atoms with Crippen molar-refractivity contribution in [3.63, 3.8) is 0 Å². The highest BCUT2D eigenvalue weighted by atomic mass is 32.2. The number of amides is 1. The zero-order valence-corrected chi connectivity index (χ0v) is 18.0. The van der Waals surface area contributed by atoms with Crippen molar-refractivity contribution >= 4 is 26.6 Å². The third-order valence-electron chi connectivity index (χ3n) is 5.08. The Bertz CT molecular complexity index is 1360. The van der Waals surface area contributed by atoms with Gasteiger partial charge < -0.3 is 5.32 Å². The molecule has 7 heteroatoms. The molecule has 0 fully saturated rings. The van der Waals surface area contributed by atoms with Crippen molar-refractivity contribution < 1.29 is 17.6 Å². The third kappa shape index (κ3) is 4.84. The number of pyridine rings is 1. The number of sulfone groups is 1. The number of halogens is 1. The third-order valence-corrected chi connectivity index (χ3v) is 6.90. The van der Waals surface area contributed by atoms with Gasteiger partial charge in [0, 0.05) is 17.5 Å². The summed E-state index contributed by atoms with van der Waals surface area (Å²) in [5, 5.41) is 3.50. The van der Waals surface area contributed by atoms with Crippen LogP contribution in [0.4, 0.5) is 4.39 Å². The summed E-state index contributed by atoms with van der Waals surface area (Å²) < 4.78 is 38.1. The molecule has 0 bridgehead atoms. The van der Waals surface area contributed by atoms with Crippen LogP contribution in [0.3, 0.4) is 0 Å². The summed E-state index contributed by atoms with van der Waals surface area (Å²) in [6, 6.07) is 23.1. The van der Waals surface area contributed by atoms with E-state index in [2.05, 4.69) is 10.3 Å². The summed E-state index contributed by atoms with van der Waals surface area (Å²) in [5.41, 5.74) is 2.33. The quantitative estimate of drug-likeness (QED) is 0.418. The lowest BCUT2D eigenvalue weighted by molar-refractivity contribution is 0.0955. The van der Waals surface area contributed by atoms with Gasteiger partial charge in [0.05, 0.1) is 27.4 Å². The number of nitrogens with zero attached hydrogens (tertiary/aromatic N) is 1. The van der Waals surface area contributed by atoms with Gasteiger partial charge in [0.15, 0.2) is 9.84 Å². The number of fused-ring (bicyclic) bond motifs is 1. The zero-order chi connectivity index (χ0) is 22.6. The van der Waals surface area contributed by atoms with Crippen molar-refractivity contribution in [3.05, 3.63) is 96.3 Å². The van der Waals surface area contributed by atoms with Gasteiger partial charge in [-0.25, -0.2) is 17.8 Å². The number of hydrogen-bond donors (Lipinski definition) is 1. The van der Waals surface area contributed by atoms with Crippen molar-refractivity contribution in [2.75, 3.05) is 12.3 Å². The van der Waals surface area contributed by atoms with Crippen molar-refractivity contribution in [2.45, 2.75) is 11.3 Å². The van der Waals surface area contributed by atoms with E-state index in [1.165, 1.54) is 12.1 Å². The van der Waals surface area contributed by atoms with Gasteiger partial charge in [-0.1, -0.05) is 36.4 Å². The molecule has 162 valence electrons. The number of aromatic nitrogens is 1. The molecule has 1 aromatic heterocycles. The first-order chi connectivity index (χ1) is 15.4. The molecular weight excluding hydrogens is 427 g/mol. The van der Waals surface area contributed by atoms with Crippen LogP contribution in [-0.4, -0.2) is 31.6 Å². The zero-order valence-electron chi connectivity index (χ0n) is 17.2. The van der Waals surface area contributed by atoms with Gasteiger partial charge in [-0.3, -0.25) is 4.79 Å². The molecule has 4 aromatic rings. The molecule has 0 saturated carbocycles. The number of carbonyl (C=O) groups is 1. The molecule has 0 atom stereocenters. The predicted molar refractivity (Wildman–Crippen MR) is 123 cm³/mol. The minimum atomic E-state index is -3.40. The van der Waals surface area contributed by atoms with Crippen LogP contribution in [0.1, 0.15) is 16.8 Å². The molecule has 1 heterocycles. The van der Waals surface area contributed by atoms with E-state index in [1.54, 1.807) is 48.5 Å². The Morgan fingerprint density at radius 1 is 0.906 bits per heavy atom. The minimum absolute atomic E-state index is 0.0603. The van der Waals surface area contributed by atoms with Gasteiger partial charge in [0.2, 0.25) is 0 Å². The number of carbonyl (C=O) groups excluding carboxylic acids is 1. The highest BCUT2D eigenvalue weighted by molar-refractivity contribution is 7.91. The van der Waals surface area contributed by atoms with E-state index in [0.717, 1.165) is 0 Å². The maximum absolute atomic E-state index is 13.3. The van der Waals surface area contributed by atoms with Crippen LogP contribution in [0.5, 0.6) is 0 Å². The molecule has 5 nitrogen and oxygen atoms in total. The molecule has 0 aliphatic rings. The lowest BCUT2D eigenvalue weighted by atomic mass is 10.0. The Labute approximate surface area is 185 Å². The van der Waals surface area contributed by atoms with Gasteiger partial charge in [-0.05, 0) is 55.0 Å². The average Bonchev–Trinajstić information content (AvgIpc) is 2.82. The van der Waals surface area contributed by atoms with Gasteiger partial charge in [-0.15, -0.1) is 0 Å². The number of para-hydroxylation sites is 1.